The number of amides is 1. The van der Waals surface area contributed by atoms with E-state index in [-0.39, 0.29) is 11.6 Å². The molecule has 1 saturated heterocycles. The number of rotatable bonds is 6. The maximum Gasteiger partial charge on any atom is 0.280 e. The molecule has 32 heavy (non-hydrogen) atoms. The van der Waals surface area contributed by atoms with E-state index in [9.17, 15) is 14.9 Å². The summed E-state index contributed by atoms with van der Waals surface area (Å²) in [7, 11) is 0. The van der Waals surface area contributed by atoms with Gasteiger partial charge in [-0.25, -0.2) is 4.99 Å². The van der Waals surface area contributed by atoms with Crippen molar-refractivity contribution in [3.05, 3.63) is 86.5 Å². The molecule has 0 radical (unpaired) electrons. The molecule has 1 amide bonds. The molecule has 0 atom stereocenters. The largest absolute Gasteiger partial charge is 0.456 e. The molecule has 9 heteroatoms. The van der Waals surface area contributed by atoms with Crippen molar-refractivity contribution in [1.29, 1.82) is 0 Å². The summed E-state index contributed by atoms with van der Waals surface area (Å²) in [6.07, 6.45) is 2.42. The standard InChI is InChI=1S/C23H18ClN3O4S/c1-2-13-26-22(28)21(32-23(26)25-16-9-7-15(24)8-10-16)14-17-11-12-20(31-17)18-5-3-4-6-19(18)27(29)30/h3-12,14H,2,13H2,1H3/b21-14-,25-23?. The number of aliphatic imine (C=N–C) groups is 1. The second-order valence-electron chi connectivity index (χ2n) is 6.91. The summed E-state index contributed by atoms with van der Waals surface area (Å²) >= 11 is 7.20. The van der Waals surface area contributed by atoms with Crippen molar-refractivity contribution in [2.45, 2.75) is 13.3 Å². The fourth-order valence-corrected chi connectivity index (χ4v) is 4.31. The van der Waals surface area contributed by atoms with Crippen LogP contribution in [0.2, 0.25) is 5.02 Å². The van der Waals surface area contributed by atoms with E-state index < -0.39 is 4.92 Å². The minimum Gasteiger partial charge on any atom is -0.456 e. The average Bonchev–Trinajstić information content (AvgIpc) is 3.36. The molecular weight excluding hydrogens is 450 g/mol. The minimum atomic E-state index is -0.450. The van der Waals surface area contributed by atoms with Gasteiger partial charge in [-0.05, 0) is 60.6 Å². The Kier molecular flexibility index (Phi) is 6.43. The first kappa shape index (κ1) is 21.9. The third-order valence-corrected chi connectivity index (χ3v) is 5.91. The third kappa shape index (κ3) is 4.61. The van der Waals surface area contributed by atoms with Crippen LogP contribution in [0.15, 0.2) is 75.0 Å². The van der Waals surface area contributed by atoms with Gasteiger partial charge < -0.3 is 4.42 Å². The van der Waals surface area contributed by atoms with Gasteiger partial charge in [0.15, 0.2) is 5.17 Å². The number of carbonyl (C=O) groups is 1. The second-order valence-corrected chi connectivity index (χ2v) is 8.36. The summed E-state index contributed by atoms with van der Waals surface area (Å²) in [4.78, 5) is 30.5. The Morgan fingerprint density at radius 2 is 1.91 bits per heavy atom. The molecular formula is C23H18ClN3O4S. The van der Waals surface area contributed by atoms with E-state index in [1.54, 1.807) is 65.6 Å². The molecule has 3 aromatic rings. The molecule has 2 aromatic carbocycles. The van der Waals surface area contributed by atoms with Gasteiger partial charge >= 0.3 is 0 Å². The van der Waals surface area contributed by atoms with Crippen LogP contribution >= 0.6 is 23.4 Å². The molecule has 2 heterocycles. The summed E-state index contributed by atoms with van der Waals surface area (Å²) in [6, 6.07) is 16.8. The van der Waals surface area contributed by atoms with Crippen molar-refractivity contribution in [2.75, 3.05) is 6.54 Å². The summed E-state index contributed by atoms with van der Waals surface area (Å²) in [6.45, 7) is 2.53. The molecule has 1 aliphatic heterocycles. The Morgan fingerprint density at radius 3 is 2.62 bits per heavy atom. The summed E-state index contributed by atoms with van der Waals surface area (Å²) in [5, 5.41) is 12.5. The van der Waals surface area contributed by atoms with Crippen LogP contribution in [0.1, 0.15) is 19.1 Å². The van der Waals surface area contributed by atoms with Gasteiger partial charge in [0.25, 0.3) is 11.6 Å². The number of thioether (sulfide) groups is 1. The van der Waals surface area contributed by atoms with E-state index in [0.717, 1.165) is 6.42 Å². The van der Waals surface area contributed by atoms with E-state index >= 15 is 0 Å². The van der Waals surface area contributed by atoms with Crippen LogP contribution in [0.3, 0.4) is 0 Å². The first-order chi connectivity index (χ1) is 15.5. The van der Waals surface area contributed by atoms with Gasteiger partial charge in [0, 0.05) is 23.7 Å². The molecule has 0 saturated carbocycles. The maximum absolute atomic E-state index is 13.0. The Balaban J connectivity index is 1.64. The number of nitro benzene ring substituents is 1. The van der Waals surface area contributed by atoms with E-state index in [1.165, 1.54) is 17.8 Å². The number of nitrogens with zero attached hydrogens (tertiary/aromatic N) is 3. The highest BCUT2D eigenvalue weighted by Gasteiger charge is 2.33. The lowest BCUT2D eigenvalue weighted by Gasteiger charge is -2.13. The lowest BCUT2D eigenvalue weighted by molar-refractivity contribution is -0.384. The van der Waals surface area contributed by atoms with Gasteiger partial charge in [0.05, 0.1) is 21.1 Å². The number of para-hydroxylation sites is 1. The van der Waals surface area contributed by atoms with E-state index in [4.69, 9.17) is 16.0 Å². The average molecular weight is 468 g/mol. The normalized spacial score (nSPS) is 16.3. The molecule has 1 aliphatic rings. The maximum atomic E-state index is 13.0. The molecule has 1 aromatic heterocycles. The fourth-order valence-electron chi connectivity index (χ4n) is 3.18. The molecule has 1 fully saturated rings. The quantitative estimate of drug-likeness (QED) is 0.234. The number of halogens is 1. The molecule has 4 rings (SSSR count). The molecule has 0 spiro atoms. The van der Waals surface area contributed by atoms with Crippen molar-refractivity contribution in [3.63, 3.8) is 0 Å². The predicted octanol–water partition coefficient (Wildman–Crippen LogP) is 6.52. The number of furan rings is 1. The molecule has 0 unspecified atom stereocenters. The lowest BCUT2D eigenvalue weighted by atomic mass is 10.1. The van der Waals surface area contributed by atoms with Crippen LogP contribution in [0.4, 0.5) is 11.4 Å². The Bertz CT molecular complexity index is 1230. The van der Waals surface area contributed by atoms with E-state index in [1.807, 2.05) is 6.92 Å². The van der Waals surface area contributed by atoms with Crippen LogP contribution in [0, 0.1) is 10.1 Å². The zero-order valence-electron chi connectivity index (χ0n) is 17.0. The van der Waals surface area contributed by atoms with Gasteiger partial charge in [-0.1, -0.05) is 30.7 Å². The van der Waals surface area contributed by atoms with Gasteiger partial charge in [-0.2, -0.15) is 0 Å². The summed E-state index contributed by atoms with van der Waals surface area (Å²) in [5.74, 6) is 0.631. The zero-order chi connectivity index (χ0) is 22.7. The SMILES string of the molecule is CCCN1C(=O)/C(=C/c2ccc(-c3ccccc3[N+](=O)[O-])o2)SC1=Nc1ccc(Cl)cc1. The first-order valence-electron chi connectivity index (χ1n) is 9.85. The Labute approximate surface area is 193 Å². The lowest BCUT2D eigenvalue weighted by Crippen LogP contribution is -2.29. The highest BCUT2D eigenvalue weighted by Crippen LogP contribution is 2.36. The third-order valence-electron chi connectivity index (χ3n) is 4.65. The van der Waals surface area contributed by atoms with Crippen molar-refractivity contribution in [1.82, 2.24) is 4.90 Å². The number of amidine groups is 1. The number of hydrogen-bond acceptors (Lipinski definition) is 6. The first-order valence-corrected chi connectivity index (χ1v) is 11.0. The van der Waals surface area contributed by atoms with Crippen molar-refractivity contribution < 1.29 is 14.1 Å². The number of benzene rings is 2. The van der Waals surface area contributed by atoms with Gasteiger partial charge in [0.1, 0.15) is 11.5 Å². The number of hydrogen-bond donors (Lipinski definition) is 0. The van der Waals surface area contributed by atoms with Crippen molar-refractivity contribution >= 4 is 51.9 Å². The van der Waals surface area contributed by atoms with Gasteiger partial charge in [-0.3, -0.25) is 19.8 Å². The van der Waals surface area contributed by atoms with Gasteiger partial charge in [-0.15, -0.1) is 0 Å². The Morgan fingerprint density at radius 1 is 1.16 bits per heavy atom. The molecule has 162 valence electrons. The predicted molar refractivity (Wildman–Crippen MR) is 127 cm³/mol. The zero-order valence-corrected chi connectivity index (χ0v) is 18.6. The highest BCUT2D eigenvalue weighted by molar-refractivity contribution is 8.18. The van der Waals surface area contributed by atoms with Gasteiger partial charge in [0.2, 0.25) is 0 Å². The number of carbonyl (C=O) groups excluding carboxylic acids is 1. The van der Waals surface area contributed by atoms with Crippen molar-refractivity contribution in [2.24, 2.45) is 4.99 Å². The highest BCUT2D eigenvalue weighted by atomic mass is 35.5. The summed E-state index contributed by atoms with van der Waals surface area (Å²) in [5.41, 5.74) is 1.03. The van der Waals surface area contributed by atoms with Crippen LogP contribution in [-0.4, -0.2) is 27.4 Å². The molecule has 0 bridgehead atoms. The van der Waals surface area contributed by atoms with Crippen LogP contribution < -0.4 is 0 Å². The molecule has 0 N–H and O–H groups in total. The van der Waals surface area contributed by atoms with E-state index in [2.05, 4.69) is 4.99 Å². The van der Waals surface area contributed by atoms with E-state index in [0.29, 0.717) is 44.4 Å². The number of nitro groups is 1. The molecule has 7 nitrogen and oxygen atoms in total. The smallest absolute Gasteiger partial charge is 0.280 e. The van der Waals surface area contributed by atoms with Crippen molar-refractivity contribution in [3.8, 4) is 11.3 Å². The van der Waals surface area contributed by atoms with Crippen LogP contribution in [-0.2, 0) is 4.79 Å². The topological polar surface area (TPSA) is 89.0 Å². The van der Waals surface area contributed by atoms with Crippen LogP contribution in [0.5, 0.6) is 0 Å². The Hall–Kier alpha value is -3.36. The monoisotopic (exact) mass is 467 g/mol. The summed E-state index contributed by atoms with van der Waals surface area (Å²) < 4.78 is 5.81. The van der Waals surface area contributed by atoms with Crippen LogP contribution in [0.25, 0.3) is 17.4 Å². The minimum absolute atomic E-state index is 0.0427. The fraction of sp³-hybridized carbons (Fsp3) is 0.130. The second kappa shape index (κ2) is 9.42. The molecule has 0 aliphatic carbocycles.